The summed E-state index contributed by atoms with van der Waals surface area (Å²) in [5.41, 5.74) is 1.31. The van der Waals surface area contributed by atoms with E-state index in [-0.39, 0.29) is 0 Å². The van der Waals surface area contributed by atoms with E-state index >= 15 is 0 Å². The fourth-order valence-corrected chi connectivity index (χ4v) is 1.93. The Balaban J connectivity index is 2.08. The highest BCUT2D eigenvalue weighted by atomic mass is 32.2. The molecule has 14 heavy (non-hydrogen) atoms. The van der Waals surface area contributed by atoms with Gasteiger partial charge in [-0.3, -0.25) is 4.99 Å². The summed E-state index contributed by atoms with van der Waals surface area (Å²) in [7, 11) is 0. The zero-order valence-electron chi connectivity index (χ0n) is 7.76. The van der Waals surface area contributed by atoms with Gasteiger partial charge < -0.3 is 0 Å². The standard InChI is InChI=1S/C12H11NS/c1-2-6-11(7-3-1)10-12-13-8-4-5-9-14-12/h1-9H,10H2. The summed E-state index contributed by atoms with van der Waals surface area (Å²) in [6, 6.07) is 10.4. The van der Waals surface area contributed by atoms with Gasteiger partial charge >= 0.3 is 0 Å². The lowest BCUT2D eigenvalue weighted by Crippen LogP contribution is -1.95. The average Bonchev–Trinajstić information content (AvgIpc) is 2.48. The normalized spacial score (nSPS) is 15.0. The molecule has 70 valence electrons. The number of benzene rings is 1. The van der Waals surface area contributed by atoms with Crippen molar-refractivity contribution in [2.24, 2.45) is 4.99 Å². The van der Waals surface area contributed by atoms with Gasteiger partial charge in [0.1, 0.15) is 0 Å². The van der Waals surface area contributed by atoms with Gasteiger partial charge in [0.05, 0.1) is 5.04 Å². The summed E-state index contributed by atoms with van der Waals surface area (Å²) >= 11 is 1.69. The van der Waals surface area contributed by atoms with E-state index < -0.39 is 0 Å². The molecule has 1 aliphatic heterocycles. The van der Waals surface area contributed by atoms with Crippen LogP contribution in [0, 0.1) is 0 Å². The zero-order valence-corrected chi connectivity index (χ0v) is 8.58. The quantitative estimate of drug-likeness (QED) is 0.714. The highest BCUT2D eigenvalue weighted by molar-refractivity contribution is 8.16. The van der Waals surface area contributed by atoms with Crippen LogP contribution in [-0.4, -0.2) is 5.04 Å². The highest BCUT2D eigenvalue weighted by Crippen LogP contribution is 2.14. The zero-order chi connectivity index (χ0) is 9.64. The Morgan fingerprint density at radius 2 is 1.93 bits per heavy atom. The van der Waals surface area contributed by atoms with Gasteiger partial charge in [-0.05, 0) is 17.0 Å². The minimum Gasteiger partial charge on any atom is -0.254 e. The van der Waals surface area contributed by atoms with E-state index in [1.54, 1.807) is 11.8 Å². The Morgan fingerprint density at radius 1 is 1.07 bits per heavy atom. The Morgan fingerprint density at radius 3 is 2.79 bits per heavy atom. The van der Waals surface area contributed by atoms with Crippen molar-refractivity contribution in [2.75, 3.05) is 0 Å². The van der Waals surface area contributed by atoms with E-state index in [4.69, 9.17) is 0 Å². The molecule has 2 rings (SSSR count). The predicted molar refractivity (Wildman–Crippen MR) is 63.5 cm³/mol. The van der Waals surface area contributed by atoms with Crippen LogP contribution in [0.3, 0.4) is 0 Å². The molecule has 1 heterocycles. The van der Waals surface area contributed by atoms with Crippen LogP contribution >= 0.6 is 11.8 Å². The molecule has 1 aromatic carbocycles. The summed E-state index contributed by atoms with van der Waals surface area (Å²) < 4.78 is 0. The van der Waals surface area contributed by atoms with E-state index in [1.807, 2.05) is 24.4 Å². The van der Waals surface area contributed by atoms with Crippen molar-refractivity contribution in [1.82, 2.24) is 0 Å². The van der Waals surface area contributed by atoms with Crippen molar-refractivity contribution in [1.29, 1.82) is 0 Å². The molecule has 2 heteroatoms. The van der Waals surface area contributed by atoms with Crippen molar-refractivity contribution in [3.05, 3.63) is 59.7 Å². The number of rotatable bonds is 2. The van der Waals surface area contributed by atoms with Gasteiger partial charge in [-0.15, -0.1) is 0 Å². The lowest BCUT2D eigenvalue weighted by molar-refractivity contribution is 1.34. The van der Waals surface area contributed by atoms with E-state index in [9.17, 15) is 0 Å². The van der Waals surface area contributed by atoms with E-state index in [1.165, 1.54) is 5.56 Å². The van der Waals surface area contributed by atoms with Gasteiger partial charge in [0.2, 0.25) is 0 Å². The Hall–Kier alpha value is -1.28. The van der Waals surface area contributed by atoms with Crippen LogP contribution in [-0.2, 0) is 6.42 Å². The average molecular weight is 201 g/mol. The van der Waals surface area contributed by atoms with Gasteiger partial charge in [0, 0.05) is 12.6 Å². The topological polar surface area (TPSA) is 12.4 Å². The molecule has 0 N–H and O–H groups in total. The van der Waals surface area contributed by atoms with Crippen LogP contribution in [0.1, 0.15) is 5.56 Å². The third-order valence-corrected chi connectivity index (χ3v) is 2.71. The first kappa shape index (κ1) is 9.28. The summed E-state index contributed by atoms with van der Waals surface area (Å²) in [6.07, 6.45) is 6.71. The van der Waals surface area contributed by atoms with Gasteiger partial charge in [-0.1, -0.05) is 48.2 Å². The fourth-order valence-electron chi connectivity index (χ4n) is 1.23. The summed E-state index contributed by atoms with van der Waals surface area (Å²) in [6.45, 7) is 0. The smallest absolute Gasteiger partial charge is 0.0817 e. The van der Waals surface area contributed by atoms with Crippen LogP contribution in [0.2, 0.25) is 0 Å². The van der Waals surface area contributed by atoms with Gasteiger partial charge in [-0.2, -0.15) is 0 Å². The lowest BCUT2D eigenvalue weighted by atomic mass is 10.2. The van der Waals surface area contributed by atoms with Crippen molar-refractivity contribution >= 4 is 16.8 Å². The maximum atomic E-state index is 4.36. The van der Waals surface area contributed by atoms with Gasteiger partial charge in [-0.25, -0.2) is 0 Å². The number of thioether (sulfide) groups is 1. The summed E-state index contributed by atoms with van der Waals surface area (Å²) in [4.78, 5) is 4.36. The maximum absolute atomic E-state index is 4.36. The molecule has 0 unspecified atom stereocenters. The van der Waals surface area contributed by atoms with E-state index in [2.05, 4.69) is 34.7 Å². The van der Waals surface area contributed by atoms with E-state index in [0.717, 1.165) is 11.5 Å². The largest absolute Gasteiger partial charge is 0.254 e. The Labute approximate surface area is 88.3 Å². The Bertz CT molecular complexity index is 377. The number of allylic oxidation sites excluding steroid dienone is 2. The van der Waals surface area contributed by atoms with Crippen molar-refractivity contribution in [2.45, 2.75) is 6.42 Å². The minimum absolute atomic E-state index is 0.917. The highest BCUT2D eigenvalue weighted by Gasteiger charge is 2.00. The Kier molecular flexibility index (Phi) is 3.19. The monoisotopic (exact) mass is 201 g/mol. The van der Waals surface area contributed by atoms with Crippen LogP contribution < -0.4 is 0 Å². The molecular formula is C12H11NS. The van der Waals surface area contributed by atoms with Crippen molar-refractivity contribution < 1.29 is 0 Å². The van der Waals surface area contributed by atoms with Crippen LogP contribution in [0.5, 0.6) is 0 Å². The van der Waals surface area contributed by atoms with Crippen molar-refractivity contribution in [3.8, 4) is 0 Å². The molecule has 0 aromatic heterocycles. The molecule has 0 spiro atoms. The molecule has 0 saturated carbocycles. The third-order valence-electron chi connectivity index (χ3n) is 1.90. The number of aliphatic imine (C=N–C) groups is 1. The second-order valence-corrected chi connectivity index (χ2v) is 3.95. The molecule has 1 nitrogen and oxygen atoms in total. The second kappa shape index (κ2) is 4.82. The minimum atomic E-state index is 0.917. The molecule has 0 saturated heterocycles. The molecular weight excluding hydrogens is 190 g/mol. The third kappa shape index (κ3) is 2.60. The SMILES string of the molecule is C1=CN=C(Cc2ccccc2)SC=C1. The van der Waals surface area contributed by atoms with Crippen LogP contribution in [0.4, 0.5) is 0 Å². The molecule has 1 aromatic rings. The number of hydrogen-bond acceptors (Lipinski definition) is 2. The maximum Gasteiger partial charge on any atom is 0.0817 e. The van der Waals surface area contributed by atoms with Gasteiger partial charge in [0.15, 0.2) is 0 Å². The van der Waals surface area contributed by atoms with Gasteiger partial charge in [0.25, 0.3) is 0 Å². The molecule has 1 aliphatic rings. The van der Waals surface area contributed by atoms with Crippen molar-refractivity contribution in [3.63, 3.8) is 0 Å². The number of nitrogens with zero attached hydrogens (tertiary/aromatic N) is 1. The molecule has 0 amide bonds. The molecule has 0 atom stereocenters. The molecule has 0 bridgehead atoms. The first-order valence-corrected chi connectivity index (χ1v) is 5.42. The predicted octanol–water partition coefficient (Wildman–Crippen LogP) is 3.40. The molecule has 0 fully saturated rings. The first-order chi connectivity index (χ1) is 6.95. The first-order valence-electron chi connectivity index (χ1n) is 4.54. The lowest BCUT2D eigenvalue weighted by Gasteiger charge is -2.01. The van der Waals surface area contributed by atoms with Crippen LogP contribution in [0.15, 0.2) is 59.1 Å². The molecule has 0 radical (unpaired) electrons. The summed E-state index contributed by atoms with van der Waals surface area (Å²) in [5, 5.41) is 3.20. The second-order valence-electron chi connectivity index (χ2n) is 2.97. The summed E-state index contributed by atoms with van der Waals surface area (Å²) in [5.74, 6) is 0. The number of hydrogen-bond donors (Lipinski definition) is 0. The molecule has 0 aliphatic carbocycles. The van der Waals surface area contributed by atoms with E-state index in [0.29, 0.717) is 0 Å². The van der Waals surface area contributed by atoms with Crippen LogP contribution in [0.25, 0.3) is 0 Å². The fraction of sp³-hybridized carbons (Fsp3) is 0.0833.